The molecule has 43 heavy (non-hydrogen) atoms. The SMILES string of the molecule is C[C@@H]1CN([C@H](C)CO)C(=O)c2cc(NS(=O)(=O)c3cccs3)ccc2O[C@H]1CN(C)C(=O)Nc1cccc2ccccc12. The zero-order chi connectivity index (χ0) is 30.7. The topological polar surface area (TPSA) is 128 Å². The number of nitrogens with zero attached hydrogens (tertiary/aromatic N) is 2. The summed E-state index contributed by atoms with van der Waals surface area (Å²) in [5.41, 5.74) is 1.06. The van der Waals surface area contributed by atoms with Crippen LogP contribution in [0.1, 0.15) is 24.2 Å². The Kier molecular flexibility index (Phi) is 8.90. The van der Waals surface area contributed by atoms with Gasteiger partial charge in [0.2, 0.25) is 0 Å². The number of amides is 3. The molecule has 1 aliphatic heterocycles. The van der Waals surface area contributed by atoms with E-state index in [1.54, 1.807) is 36.4 Å². The Morgan fingerprint density at radius 3 is 2.65 bits per heavy atom. The maximum atomic E-state index is 13.7. The van der Waals surface area contributed by atoms with E-state index in [1.165, 1.54) is 23.1 Å². The monoisotopic (exact) mass is 622 g/mol. The Morgan fingerprint density at radius 2 is 1.91 bits per heavy atom. The number of rotatable bonds is 8. The summed E-state index contributed by atoms with van der Waals surface area (Å²) in [7, 11) is -2.16. The van der Waals surface area contributed by atoms with Gasteiger partial charge in [-0.05, 0) is 48.0 Å². The van der Waals surface area contributed by atoms with Crippen LogP contribution in [-0.2, 0) is 10.0 Å². The fraction of sp³-hybridized carbons (Fsp3) is 0.290. The molecule has 12 heteroatoms. The van der Waals surface area contributed by atoms with Gasteiger partial charge in [0.1, 0.15) is 16.1 Å². The van der Waals surface area contributed by atoms with Crippen LogP contribution in [0.5, 0.6) is 5.75 Å². The number of hydrogen-bond acceptors (Lipinski definition) is 7. The number of nitrogens with one attached hydrogen (secondary N) is 2. The third kappa shape index (κ3) is 6.61. The lowest BCUT2D eigenvalue weighted by atomic mass is 9.99. The molecule has 3 N–H and O–H groups in total. The van der Waals surface area contributed by atoms with Crippen molar-refractivity contribution in [3.63, 3.8) is 0 Å². The van der Waals surface area contributed by atoms with Crippen LogP contribution in [0.4, 0.5) is 16.2 Å². The van der Waals surface area contributed by atoms with Gasteiger partial charge in [-0.15, -0.1) is 11.3 Å². The molecule has 0 bridgehead atoms. The summed E-state index contributed by atoms with van der Waals surface area (Å²) in [4.78, 5) is 30.1. The second kappa shape index (κ2) is 12.6. The zero-order valence-electron chi connectivity index (χ0n) is 24.1. The number of urea groups is 1. The van der Waals surface area contributed by atoms with Gasteiger partial charge >= 0.3 is 6.03 Å². The van der Waals surface area contributed by atoms with E-state index in [0.29, 0.717) is 5.69 Å². The molecule has 0 radical (unpaired) electrons. The van der Waals surface area contributed by atoms with Gasteiger partial charge in [-0.25, -0.2) is 13.2 Å². The molecule has 4 aromatic rings. The predicted molar refractivity (Wildman–Crippen MR) is 168 cm³/mol. The molecule has 0 aliphatic carbocycles. The van der Waals surface area contributed by atoms with Crippen molar-refractivity contribution in [2.45, 2.75) is 30.2 Å². The number of fused-ring (bicyclic) bond motifs is 2. The highest BCUT2D eigenvalue weighted by atomic mass is 32.2. The van der Waals surface area contributed by atoms with Crippen LogP contribution in [-0.4, -0.2) is 74.2 Å². The Labute approximate surface area is 254 Å². The normalized spacial score (nSPS) is 17.8. The fourth-order valence-electron chi connectivity index (χ4n) is 5.02. The van der Waals surface area contributed by atoms with Gasteiger partial charge in [-0.3, -0.25) is 9.52 Å². The number of carbonyl (C=O) groups is 2. The maximum absolute atomic E-state index is 13.7. The van der Waals surface area contributed by atoms with E-state index in [-0.39, 0.29) is 58.8 Å². The van der Waals surface area contributed by atoms with Crippen molar-refractivity contribution in [3.05, 3.63) is 83.7 Å². The summed E-state index contributed by atoms with van der Waals surface area (Å²) >= 11 is 1.09. The molecule has 0 spiro atoms. The van der Waals surface area contributed by atoms with Crippen LogP contribution in [0.15, 0.2) is 82.4 Å². The number of hydrogen-bond donors (Lipinski definition) is 3. The summed E-state index contributed by atoms with van der Waals surface area (Å²) < 4.78 is 34.7. The van der Waals surface area contributed by atoms with E-state index in [0.717, 1.165) is 22.1 Å². The highest BCUT2D eigenvalue weighted by Gasteiger charge is 2.34. The molecule has 3 amide bonds. The van der Waals surface area contributed by atoms with Crippen molar-refractivity contribution >= 4 is 55.4 Å². The van der Waals surface area contributed by atoms with Crippen molar-refractivity contribution < 1.29 is 27.9 Å². The first-order chi connectivity index (χ1) is 20.6. The van der Waals surface area contributed by atoms with Crippen LogP contribution in [0.25, 0.3) is 10.8 Å². The summed E-state index contributed by atoms with van der Waals surface area (Å²) in [6.07, 6.45) is -0.517. The quantitative estimate of drug-likeness (QED) is 0.251. The van der Waals surface area contributed by atoms with Gasteiger partial charge in [0.25, 0.3) is 15.9 Å². The number of sulfonamides is 1. The first-order valence-corrected chi connectivity index (χ1v) is 16.2. The van der Waals surface area contributed by atoms with Crippen LogP contribution in [0, 0.1) is 5.92 Å². The lowest BCUT2D eigenvalue weighted by Crippen LogP contribution is -2.50. The number of benzene rings is 3. The van der Waals surface area contributed by atoms with Gasteiger partial charge in [0.05, 0.1) is 30.4 Å². The Balaban J connectivity index is 1.40. The molecular weight excluding hydrogens is 588 g/mol. The lowest BCUT2D eigenvalue weighted by molar-refractivity contribution is 0.0371. The van der Waals surface area contributed by atoms with Crippen molar-refractivity contribution in [2.75, 3.05) is 36.8 Å². The number of carbonyl (C=O) groups excluding carboxylic acids is 2. The molecule has 10 nitrogen and oxygen atoms in total. The number of aliphatic hydroxyl groups excluding tert-OH is 1. The minimum Gasteiger partial charge on any atom is -0.487 e. The van der Waals surface area contributed by atoms with E-state index in [9.17, 15) is 23.1 Å². The number of ether oxygens (including phenoxy) is 1. The minimum atomic E-state index is -3.84. The van der Waals surface area contributed by atoms with Crippen molar-refractivity contribution in [3.8, 4) is 5.75 Å². The highest BCUT2D eigenvalue weighted by molar-refractivity contribution is 7.94. The molecule has 5 rings (SSSR count). The molecule has 1 aliphatic rings. The number of thiophene rings is 1. The fourth-order valence-corrected chi connectivity index (χ4v) is 7.07. The Hall–Kier alpha value is -4.13. The third-order valence-electron chi connectivity index (χ3n) is 7.51. The second-order valence-corrected chi connectivity index (χ2v) is 13.6. The number of aliphatic hydroxyl groups is 1. The smallest absolute Gasteiger partial charge is 0.321 e. The molecule has 3 aromatic carbocycles. The molecule has 0 saturated heterocycles. The van der Waals surface area contributed by atoms with Crippen molar-refractivity contribution in [1.82, 2.24) is 9.80 Å². The molecular formula is C31H34N4O6S2. The molecule has 0 saturated carbocycles. The maximum Gasteiger partial charge on any atom is 0.321 e. The first kappa shape index (κ1) is 30.3. The number of likely N-dealkylation sites (N-methyl/N-ethyl adjacent to an activating group) is 1. The summed E-state index contributed by atoms with van der Waals surface area (Å²) in [5, 5.41) is 16.5. The summed E-state index contributed by atoms with van der Waals surface area (Å²) in [6, 6.07) is 20.4. The molecule has 226 valence electrons. The van der Waals surface area contributed by atoms with Crippen LogP contribution in [0.2, 0.25) is 0 Å². The van der Waals surface area contributed by atoms with Crippen LogP contribution in [0.3, 0.4) is 0 Å². The van der Waals surface area contributed by atoms with E-state index in [2.05, 4.69) is 10.0 Å². The molecule has 2 heterocycles. The van der Waals surface area contributed by atoms with E-state index in [4.69, 9.17) is 4.74 Å². The zero-order valence-corrected chi connectivity index (χ0v) is 25.7. The highest BCUT2D eigenvalue weighted by Crippen LogP contribution is 2.32. The molecule has 0 unspecified atom stereocenters. The van der Waals surface area contributed by atoms with Crippen molar-refractivity contribution in [2.24, 2.45) is 5.92 Å². The first-order valence-electron chi connectivity index (χ1n) is 13.9. The van der Waals surface area contributed by atoms with Crippen LogP contribution < -0.4 is 14.8 Å². The van der Waals surface area contributed by atoms with Gasteiger partial charge in [-0.2, -0.15) is 0 Å². The molecule has 1 aromatic heterocycles. The molecule has 0 fully saturated rings. The largest absolute Gasteiger partial charge is 0.487 e. The van der Waals surface area contributed by atoms with E-state index in [1.807, 2.05) is 49.4 Å². The average Bonchev–Trinajstić information content (AvgIpc) is 3.55. The van der Waals surface area contributed by atoms with Gasteiger partial charge < -0.3 is 25.0 Å². The third-order valence-corrected chi connectivity index (χ3v) is 10.3. The minimum absolute atomic E-state index is 0.149. The lowest BCUT2D eigenvalue weighted by Gasteiger charge is -2.38. The van der Waals surface area contributed by atoms with Crippen molar-refractivity contribution in [1.29, 1.82) is 0 Å². The average molecular weight is 623 g/mol. The summed E-state index contributed by atoms with van der Waals surface area (Å²) in [5.74, 6) is -0.337. The number of anilines is 2. The Bertz CT molecular complexity index is 1720. The summed E-state index contributed by atoms with van der Waals surface area (Å²) in [6.45, 7) is 3.89. The van der Waals surface area contributed by atoms with E-state index < -0.39 is 22.2 Å². The van der Waals surface area contributed by atoms with Gasteiger partial charge in [0.15, 0.2) is 0 Å². The van der Waals surface area contributed by atoms with Gasteiger partial charge in [0, 0.05) is 30.6 Å². The standard InChI is InChI=1S/C31H34N4O6S2/c1-20-17-35(21(2)19-36)30(37)25-16-23(33-43(39,40)29-12-7-15-42-29)13-14-27(25)41-28(20)18-34(3)31(38)32-26-11-6-9-22-8-4-5-10-24(22)26/h4-16,20-21,28,33,36H,17-19H2,1-3H3,(H,32,38)/t20-,21-,28+/m1/s1. The predicted octanol–water partition coefficient (Wildman–Crippen LogP) is 5.09. The van der Waals surface area contributed by atoms with E-state index >= 15 is 0 Å². The Morgan fingerprint density at radius 1 is 1.14 bits per heavy atom. The van der Waals surface area contributed by atoms with Crippen LogP contribution >= 0.6 is 11.3 Å². The second-order valence-electron chi connectivity index (χ2n) is 10.7. The molecule has 3 atom stereocenters. The van der Waals surface area contributed by atoms with Gasteiger partial charge in [-0.1, -0.05) is 49.4 Å².